The maximum Gasteiger partial charge on any atom is 0.573 e. The fraction of sp³-hybridized carbons (Fsp3) is 0.263. The van der Waals surface area contributed by atoms with Crippen LogP contribution in [0, 0.1) is 11.3 Å². The first-order valence-electron chi connectivity index (χ1n) is 8.33. The van der Waals surface area contributed by atoms with Gasteiger partial charge < -0.3 is 14.6 Å². The van der Waals surface area contributed by atoms with Crippen LogP contribution in [0.2, 0.25) is 0 Å². The Kier molecular flexibility index (Phi) is 6.77. The molecule has 0 amide bonds. The quantitative estimate of drug-likeness (QED) is 0.549. The third-order valence-corrected chi connectivity index (χ3v) is 3.60. The third kappa shape index (κ3) is 5.93. The maximum atomic E-state index is 12.4. The number of nitrogens with zero attached hydrogens (tertiary/aromatic N) is 2. The zero-order valence-corrected chi connectivity index (χ0v) is 15.1. The molecule has 0 atom stereocenters. The number of aromatic nitrogens is 1. The molecule has 1 aromatic heterocycles. The van der Waals surface area contributed by atoms with Crippen LogP contribution in [0.5, 0.6) is 11.5 Å². The van der Waals surface area contributed by atoms with E-state index < -0.39 is 35.3 Å². The van der Waals surface area contributed by atoms with Gasteiger partial charge in [-0.15, -0.1) is 13.2 Å². The number of carbonyl (C=O) groups excluding carboxylic acids is 2. The Morgan fingerprint density at radius 2 is 1.97 bits per heavy atom. The van der Waals surface area contributed by atoms with E-state index in [-0.39, 0.29) is 36.3 Å². The number of hydrogen-bond acceptors (Lipinski definition) is 7. The molecule has 1 heterocycles. The number of rotatable bonds is 7. The van der Waals surface area contributed by atoms with Crippen molar-refractivity contribution in [3.05, 3.63) is 41.6 Å². The van der Waals surface area contributed by atoms with E-state index in [0.717, 1.165) is 18.2 Å². The lowest BCUT2D eigenvalue weighted by atomic mass is 10.0. The molecule has 0 saturated heterocycles. The number of esters is 1. The molecule has 0 radical (unpaired) electrons. The van der Waals surface area contributed by atoms with Crippen LogP contribution >= 0.6 is 0 Å². The Balaban J connectivity index is 2.39. The fourth-order valence-corrected chi connectivity index (χ4v) is 2.39. The highest BCUT2D eigenvalue weighted by atomic mass is 19.4. The highest BCUT2D eigenvalue weighted by Gasteiger charge is 2.31. The first kappa shape index (κ1) is 21.7. The van der Waals surface area contributed by atoms with Crippen LogP contribution < -0.4 is 4.74 Å². The molecule has 0 aliphatic carbocycles. The minimum absolute atomic E-state index is 0.0218. The number of pyridine rings is 1. The number of carbonyl (C=O) groups is 2. The van der Waals surface area contributed by atoms with Gasteiger partial charge in [0.1, 0.15) is 17.5 Å². The van der Waals surface area contributed by atoms with Gasteiger partial charge in [-0.2, -0.15) is 5.26 Å². The zero-order valence-electron chi connectivity index (χ0n) is 15.1. The zero-order chi connectivity index (χ0) is 21.6. The molecule has 152 valence electrons. The minimum atomic E-state index is -4.90. The van der Waals surface area contributed by atoms with Crippen LogP contribution in [0.4, 0.5) is 13.2 Å². The van der Waals surface area contributed by atoms with Gasteiger partial charge in [-0.25, -0.2) is 4.98 Å². The second-order valence-electron chi connectivity index (χ2n) is 5.67. The number of aromatic hydroxyl groups is 1. The van der Waals surface area contributed by atoms with E-state index in [9.17, 15) is 33.1 Å². The Morgan fingerprint density at radius 1 is 1.24 bits per heavy atom. The first-order chi connectivity index (χ1) is 13.6. The van der Waals surface area contributed by atoms with Crippen molar-refractivity contribution in [2.24, 2.45) is 0 Å². The number of halogens is 3. The van der Waals surface area contributed by atoms with E-state index >= 15 is 0 Å². The molecule has 2 rings (SSSR count). The van der Waals surface area contributed by atoms with Crippen molar-refractivity contribution in [1.29, 1.82) is 5.26 Å². The molecule has 0 aliphatic heterocycles. The number of benzene rings is 1. The van der Waals surface area contributed by atoms with E-state index in [4.69, 9.17) is 4.74 Å². The van der Waals surface area contributed by atoms with Crippen molar-refractivity contribution in [3.63, 3.8) is 0 Å². The van der Waals surface area contributed by atoms with Crippen molar-refractivity contribution in [1.82, 2.24) is 4.98 Å². The summed E-state index contributed by atoms with van der Waals surface area (Å²) in [4.78, 5) is 27.8. The number of ether oxygens (including phenoxy) is 2. The third-order valence-electron chi connectivity index (χ3n) is 3.60. The minimum Gasteiger partial charge on any atom is -0.504 e. The molecule has 10 heteroatoms. The lowest BCUT2D eigenvalue weighted by Crippen LogP contribution is -2.17. The van der Waals surface area contributed by atoms with Gasteiger partial charge in [-0.05, 0) is 25.1 Å². The van der Waals surface area contributed by atoms with Gasteiger partial charge in [0, 0.05) is 12.0 Å². The summed E-state index contributed by atoms with van der Waals surface area (Å²) in [5, 5.41) is 19.3. The fourth-order valence-electron chi connectivity index (χ4n) is 2.39. The van der Waals surface area contributed by atoms with Gasteiger partial charge in [-0.3, -0.25) is 9.59 Å². The lowest BCUT2D eigenvalue weighted by Gasteiger charge is -2.11. The molecule has 2 aromatic rings. The Morgan fingerprint density at radius 3 is 2.59 bits per heavy atom. The predicted octanol–water partition coefficient (Wildman–Crippen LogP) is 3.75. The highest BCUT2D eigenvalue weighted by Crippen LogP contribution is 2.31. The standard InChI is InChI=1S/C19H15F3N2O5/c1-2-28-16(26)7-6-15(25)17-18(27)12(10-23)9-14(24-17)11-4-3-5-13(8-11)29-19(20,21)22/h3-5,8-9,27H,2,6-7H2,1H3. The maximum absolute atomic E-state index is 12.4. The van der Waals surface area contributed by atoms with Crippen molar-refractivity contribution in [2.45, 2.75) is 26.1 Å². The molecule has 0 fully saturated rings. The molecule has 0 bridgehead atoms. The highest BCUT2D eigenvalue weighted by molar-refractivity contribution is 5.99. The average molecular weight is 408 g/mol. The molecule has 0 unspecified atom stereocenters. The van der Waals surface area contributed by atoms with Crippen LogP contribution in [0.15, 0.2) is 30.3 Å². The van der Waals surface area contributed by atoms with Crippen LogP contribution in [-0.2, 0) is 9.53 Å². The van der Waals surface area contributed by atoms with Gasteiger partial charge in [0.2, 0.25) is 0 Å². The topological polar surface area (TPSA) is 110 Å². The Labute approximate surface area is 163 Å². The lowest BCUT2D eigenvalue weighted by molar-refractivity contribution is -0.274. The van der Waals surface area contributed by atoms with Crippen LogP contribution in [0.1, 0.15) is 35.8 Å². The van der Waals surface area contributed by atoms with Crippen molar-refractivity contribution in [3.8, 4) is 28.8 Å². The van der Waals surface area contributed by atoms with Crippen molar-refractivity contribution >= 4 is 11.8 Å². The molecule has 0 spiro atoms. The monoisotopic (exact) mass is 408 g/mol. The van der Waals surface area contributed by atoms with Gasteiger partial charge >= 0.3 is 12.3 Å². The van der Waals surface area contributed by atoms with Gasteiger partial charge in [0.05, 0.1) is 24.3 Å². The van der Waals surface area contributed by atoms with E-state index in [1.165, 1.54) is 12.1 Å². The average Bonchev–Trinajstić information content (AvgIpc) is 2.65. The van der Waals surface area contributed by atoms with Gasteiger partial charge in [0.25, 0.3) is 0 Å². The summed E-state index contributed by atoms with van der Waals surface area (Å²) in [6.07, 6.45) is -5.48. The SMILES string of the molecule is CCOC(=O)CCC(=O)c1nc(-c2cccc(OC(F)(F)F)c2)cc(C#N)c1O. The molecular formula is C19H15F3N2O5. The Hall–Kier alpha value is -3.61. The number of Topliss-reactive ketones (excluding diaryl/α,β-unsaturated/α-hetero) is 1. The molecule has 0 saturated carbocycles. The molecule has 29 heavy (non-hydrogen) atoms. The summed E-state index contributed by atoms with van der Waals surface area (Å²) in [7, 11) is 0. The van der Waals surface area contributed by atoms with E-state index in [1.807, 2.05) is 0 Å². The summed E-state index contributed by atoms with van der Waals surface area (Å²) in [6, 6.07) is 7.61. The van der Waals surface area contributed by atoms with Crippen LogP contribution in [0.3, 0.4) is 0 Å². The van der Waals surface area contributed by atoms with E-state index in [2.05, 4.69) is 9.72 Å². The Bertz CT molecular complexity index is 967. The smallest absolute Gasteiger partial charge is 0.504 e. The van der Waals surface area contributed by atoms with Crippen molar-refractivity contribution in [2.75, 3.05) is 6.61 Å². The van der Waals surface area contributed by atoms with E-state index in [1.54, 1.807) is 13.0 Å². The van der Waals surface area contributed by atoms with Crippen molar-refractivity contribution < 1.29 is 37.3 Å². The van der Waals surface area contributed by atoms with Gasteiger partial charge in [-0.1, -0.05) is 12.1 Å². The summed E-state index contributed by atoms with van der Waals surface area (Å²) in [6.45, 7) is 1.74. The summed E-state index contributed by atoms with van der Waals surface area (Å²) < 4.78 is 45.8. The number of hydrogen-bond donors (Lipinski definition) is 1. The van der Waals surface area contributed by atoms with Crippen LogP contribution in [-0.4, -0.2) is 34.8 Å². The number of ketones is 1. The molecule has 1 N–H and O–H groups in total. The molecule has 0 aliphatic rings. The summed E-state index contributed by atoms with van der Waals surface area (Å²) in [5.41, 5.74) is -0.656. The number of nitriles is 1. The molecule has 7 nitrogen and oxygen atoms in total. The van der Waals surface area contributed by atoms with E-state index in [0.29, 0.717) is 0 Å². The first-order valence-corrected chi connectivity index (χ1v) is 8.33. The largest absolute Gasteiger partial charge is 0.573 e. The number of alkyl halides is 3. The summed E-state index contributed by atoms with van der Waals surface area (Å²) >= 11 is 0. The normalized spacial score (nSPS) is 10.9. The second-order valence-corrected chi connectivity index (χ2v) is 5.67. The van der Waals surface area contributed by atoms with Crippen LogP contribution in [0.25, 0.3) is 11.3 Å². The molecule has 1 aromatic carbocycles. The molecular weight excluding hydrogens is 393 g/mol. The summed E-state index contributed by atoms with van der Waals surface area (Å²) in [5.74, 6) is -2.53. The van der Waals surface area contributed by atoms with Gasteiger partial charge in [0.15, 0.2) is 11.5 Å². The predicted molar refractivity (Wildman–Crippen MR) is 92.9 cm³/mol. The second kappa shape index (κ2) is 9.05.